The zero-order chi connectivity index (χ0) is 22.4. The van der Waals surface area contributed by atoms with Gasteiger partial charge in [-0.25, -0.2) is 0 Å². The van der Waals surface area contributed by atoms with E-state index in [1.54, 1.807) is 21.3 Å². The number of hydrogen-bond donors (Lipinski definition) is 0. The van der Waals surface area contributed by atoms with Crippen LogP contribution in [-0.2, 0) is 6.54 Å². The second kappa shape index (κ2) is 10.3. The van der Waals surface area contributed by atoms with Crippen molar-refractivity contribution in [2.75, 3.05) is 21.3 Å². The summed E-state index contributed by atoms with van der Waals surface area (Å²) in [7, 11) is 4.95. The van der Waals surface area contributed by atoms with Crippen LogP contribution in [0.2, 0.25) is 0 Å². The number of benzene rings is 2. The third-order valence-electron chi connectivity index (χ3n) is 5.85. The summed E-state index contributed by atoms with van der Waals surface area (Å²) in [6.45, 7) is 9.31. The Bertz CT molecular complexity index is 995. The van der Waals surface area contributed by atoms with Gasteiger partial charge in [0.2, 0.25) is 5.75 Å². The average Bonchev–Trinajstić information content (AvgIpc) is 3.11. The van der Waals surface area contributed by atoms with Crippen LogP contribution in [0.1, 0.15) is 53.6 Å². The third kappa shape index (κ3) is 4.63. The summed E-state index contributed by atoms with van der Waals surface area (Å²) in [5.74, 6) is 2.20. The van der Waals surface area contributed by atoms with Crippen molar-refractivity contribution >= 4 is 6.08 Å². The molecule has 0 aliphatic rings. The molecule has 3 rings (SSSR count). The summed E-state index contributed by atoms with van der Waals surface area (Å²) < 4.78 is 19.1. The molecule has 1 heterocycles. The van der Waals surface area contributed by atoms with Crippen LogP contribution in [0, 0.1) is 6.92 Å². The van der Waals surface area contributed by atoms with E-state index in [9.17, 15) is 0 Å². The van der Waals surface area contributed by atoms with E-state index in [0.717, 1.165) is 30.6 Å². The van der Waals surface area contributed by atoms with Crippen LogP contribution in [0.4, 0.5) is 0 Å². The topological polar surface area (TPSA) is 32.6 Å². The summed E-state index contributed by atoms with van der Waals surface area (Å²) in [6, 6.07) is 14.7. The van der Waals surface area contributed by atoms with Crippen molar-refractivity contribution in [3.05, 3.63) is 83.2 Å². The van der Waals surface area contributed by atoms with Crippen molar-refractivity contribution in [1.82, 2.24) is 4.57 Å². The quantitative estimate of drug-likeness (QED) is 0.379. The monoisotopic (exact) mass is 419 g/mol. The van der Waals surface area contributed by atoms with Gasteiger partial charge in [0.15, 0.2) is 11.5 Å². The second-order valence-electron chi connectivity index (χ2n) is 7.71. The highest BCUT2D eigenvalue weighted by atomic mass is 16.5. The van der Waals surface area contributed by atoms with Crippen molar-refractivity contribution in [1.29, 1.82) is 0 Å². The largest absolute Gasteiger partial charge is 0.493 e. The molecule has 31 heavy (non-hydrogen) atoms. The van der Waals surface area contributed by atoms with E-state index in [1.165, 1.54) is 16.7 Å². The summed E-state index contributed by atoms with van der Waals surface area (Å²) >= 11 is 0. The van der Waals surface area contributed by atoms with Gasteiger partial charge in [0, 0.05) is 24.4 Å². The van der Waals surface area contributed by atoms with Crippen LogP contribution in [0.5, 0.6) is 17.2 Å². The Morgan fingerprint density at radius 1 is 1.00 bits per heavy atom. The Kier molecular flexibility index (Phi) is 7.45. The van der Waals surface area contributed by atoms with Gasteiger partial charge >= 0.3 is 0 Å². The molecule has 1 aromatic heterocycles. The van der Waals surface area contributed by atoms with Crippen LogP contribution >= 0.6 is 0 Å². The number of nitrogens with zero attached hydrogens (tertiary/aromatic N) is 1. The minimum Gasteiger partial charge on any atom is -0.493 e. The Labute approximate surface area is 186 Å². The molecule has 0 saturated carbocycles. The van der Waals surface area contributed by atoms with Crippen molar-refractivity contribution in [3.63, 3.8) is 0 Å². The molecular weight excluding hydrogens is 386 g/mol. The van der Waals surface area contributed by atoms with Crippen LogP contribution in [0.25, 0.3) is 6.08 Å². The molecule has 2 aromatic carbocycles. The molecule has 3 aromatic rings. The number of aromatic nitrogens is 1. The van der Waals surface area contributed by atoms with E-state index in [-0.39, 0.29) is 5.92 Å². The van der Waals surface area contributed by atoms with Crippen LogP contribution in [0.3, 0.4) is 0 Å². The van der Waals surface area contributed by atoms with E-state index < -0.39 is 0 Å². The van der Waals surface area contributed by atoms with E-state index in [2.05, 4.69) is 67.6 Å². The third-order valence-corrected chi connectivity index (χ3v) is 5.85. The highest BCUT2D eigenvalue weighted by Crippen LogP contribution is 2.43. The highest BCUT2D eigenvalue weighted by molar-refractivity contribution is 5.58. The summed E-state index contributed by atoms with van der Waals surface area (Å²) in [5, 5.41) is 0. The van der Waals surface area contributed by atoms with Gasteiger partial charge in [-0.2, -0.15) is 0 Å². The van der Waals surface area contributed by atoms with Gasteiger partial charge in [-0.15, -0.1) is 0 Å². The maximum Gasteiger partial charge on any atom is 0.203 e. The minimum atomic E-state index is 0.217. The minimum absolute atomic E-state index is 0.217. The lowest BCUT2D eigenvalue weighted by Crippen LogP contribution is -2.04. The zero-order valence-corrected chi connectivity index (χ0v) is 19.3. The Morgan fingerprint density at radius 3 is 2.16 bits per heavy atom. The lowest BCUT2D eigenvalue weighted by molar-refractivity contribution is 0.323. The first kappa shape index (κ1) is 22.5. The lowest BCUT2D eigenvalue weighted by atomic mass is 9.86. The average molecular weight is 420 g/mol. The van der Waals surface area contributed by atoms with Gasteiger partial charge in [0.05, 0.1) is 21.3 Å². The van der Waals surface area contributed by atoms with Gasteiger partial charge in [-0.05, 0) is 53.8 Å². The second-order valence-corrected chi connectivity index (χ2v) is 7.71. The molecule has 4 nitrogen and oxygen atoms in total. The number of methoxy groups -OCH3 is 3. The molecular formula is C27H33NO3. The van der Waals surface area contributed by atoms with E-state index in [4.69, 9.17) is 14.2 Å². The van der Waals surface area contributed by atoms with Crippen LogP contribution < -0.4 is 14.2 Å². The fourth-order valence-corrected chi connectivity index (χ4v) is 4.32. The standard InChI is InChI=1S/C27H33NO3/c1-7-12-22(21-15-25(29-4)27(31-6)26(16-21)30-5)23-18-28(24(8-2)19(23)3)17-20-13-10-9-11-14-20/h8-11,13-16,18,22H,2,7,12,17H2,1,3-6H3. The maximum atomic E-state index is 5.62. The van der Waals surface area contributed by atoms with Crippen molar-refractivity contribution in [2.45, 2.75) is 39.2 Å². The first-order chi connectivity index (χ1) is 15.1. The Balaban J connectivity index is 2.11. The van der Waals surface area contributed by atoms with Crippen molar-refractivity contribution in [3.8, 4) is 17.2 Å². The zero-order valence-electron chi connectivity index (χ0n) is 19.3. The molecule has 1 atom stereocenters. The molecule has 0 N–H and O–H groups in total. The number of hydrogen-bond acceptors (Lipinski definition) is 3. The summed E-state index contributed by atoms with van der Waals surface area (Å²) in [4.78, 5) is 0. The number of ether oxygens (including phenoxy) is 3. The lowest BCUT2D eigenvalue weighted by Gasteiger charge is -2.21. The molecule has 0 amide bonds. The summed E-state index contributed by atoms with van der Waals surface area (Å²) in [5.41, 5.74) is 6.16. The number of rotatable bonds is 10. The predicted molar refractivity (Wildman–Crippen MR) is 128 cm³/mol. The van der Waals surface area contributed by atoms with Crippen LogP contribution in [-0.4, -0.2) is 25.9 Å². The fraction of sp³-hybridized carbons (Fsp3) is 0.333. The summed E-state index contributed by atoms with van der Waals surface area (Å²) in [6.07, 6.45) is 6.32. The van der Waals surface area contributed by atoms with E-state index in [1.807, 2.05) is 12.1 Å². The van der Waals surface area contributed by atoms with Gasteiger partial charge in [-0.3, -0.25) is 0 Å². The molecule has 0 aliphatic heterocycles. The van der Waals surface area contributed by atoms with E-state index >= 15 is 0 Å². The Morgan fingerprint density at radius 2 is 1.65 bits per heavy atom. The van der Waals surface area contributed by atoms with Gasteiger partial charge in [-0.1, -0.05) is 50.3 Å². The first-order valence-electron chi connectivity index (χ1n) is 10.7. The van der Waals surface area contributed by atoms with Crippen molar-refractivity contribution < 1.29 is 14.2 Å². The molecule has 0 spiro atoms. The smallest absolute Gasteiger partial charge is 0.203 e. The molecule has 1 unspecified atom stereocenters. The molecule has 0 fully saturated rings. The Hall–Kier alpha value is -3.14. The fourth-order valence-electron chi connectivity index (χ4n) is 4.32. The van der Waals surface area contributed by atoms with Crippen LogP contribution in [0.15, 0.2) is 55.2 Å². The highest BCUT2D eigenvalue weighted by Gasteiger charge is 2.23. The van der Waals surface area contributed by atoms with E-state index in [0.29, 0.717) is 17.2 Å². The van der Waals surface area contributed by atoms with Gasteiger partial charge in [0.1, 0.15) is 0 Å². The first-order valence-corrected chi connectivity index (χ1v) is 10.7. The van der Waals surface area contributed by atoms with Gasteiger partial charge in [0.25, 0.3) is 0 Å². The molecule has 0 bridgehead atoms. The van der Waals surface area contributed by atoms with Crippen molar-refractivity contribution in [2.24, 2.45) is 0 Å². The molecule has 0 saturated heterocycles. The molecule has 164 valence electrons. The molecule has 0 aliphatic carbocycles. The predicted octanol–water partition coefficient (Wildman–Crippen LogP) is 6.45. The molecule has 4 heteroatoms. The normalized spacial score (nSPS) is 11.8. The molecule has 0 radical (unpaired) electrons. The SMILES string of the molecule is C=Cc1c(C)c(C(CCC)c2cc(OC)c(OC)c(OC)c2)cn1Cc1ccccc1. The maximum absolute atomic E-state index is 5.62. The van der Waals surface area contributed by atoms with Gasteiger partial charge < -0.3 is 18.8 Å².